The van der Waals surface area contributed by atoms with Crippen molar-refractivity contribution in [1.29, 1.82) is 0 Å². The third-order valence-electron chi connectivity index (χ3n) is 10.6. The second-order valence-electron chi connectivity index (χ2n) is 12.6. The summed E-state index contributed by atoms with van der Waals surface area (Å²) in [4.78, 5) is 3.04. The van der Waals surface area contributed by atoms with Gasteiger partial charge in [-0.3, -0.25) is 0 Å². The van der Waals surface area contributed by atoms with Crippen molar-refractivity contribution in [2.24, 2.45) is 51.5 Å². The fraction of sp³-hybridized carbons (Fsp3) is 0.926. The van der Waals surface area contributed by atoms with E-state index >= 15 is 0 Å². The van der Waals surface area contributed by atoms with E-state index in [1.807, 2.05) is 0 Å². The molecule has 5 nitrogen and oxygen atoms in total. The molecule has 3 fully saturated rings. The first-order valence-electron chi connectivity index (χ1n) is 13.2. The topological polar surface area (TPSA) is 89.2 Å². The lowest BCUT2D eigenvalue weighted by Gasteiger charge is -2.61. The van der Waals surface area contributed by atoms with E-state index in [2.05, 4.69) is 50.7 Å². The monoisotopic (exact) mass is 443 g/mol. The van der Waals surface area contributed by atoms with Crippen LogP contribution in [-0.4, -0.2) is 28.5 Å². The molecule has 4 aliphatic carbocycles. The van der Waals surface area contributed by atoms with Gasteiger partial charge in [0.05, 0.1) is 12.2 Å². The summed E-state index contributed by atoms with van der Waals surface area (Å²) in [6.07, 6.45) is 10.9. The highest BCUT2D eigenvalue weighted by molar-refractivity contribution is 5.29. The lowest BCUT2D eigenvalue weighted by atomic mass is 9.45. The number of hydrogen-bond acceptors (Lipinski definition) is 3. The molecular formula is C27H45N3O2. The fourth-order valence-corrected chi connectivity index (χ4v) is 8.78. The van der Waals surface area contributed by atoms with Gasteiger partial charge in [0, 0.05) is 11.0 Å². The Morgan fingerprint density at radius 1 is 1.12 bits per heavy atom. The molecule has 0 saturated heterocycles. The van der Waals surface area contributed by atoms with Crippen molar-refractivity contribution in [3.05, 3.63) is 22.1 Å². The molecule has 0 aromatic heterocycles. The molecule has 3 saturated carbocycles. The number of hydrogen-bond donors (Lipinski definition) is 2. The normalized spacial score (nSPS) is 46.5. The number of azide groups is 1. The van der Waals surface area contributed by atoms with Crippen LogP contribution in [0.15, 0.2) is 16.8 Å². The molecule has 2 N–H and O–H groups in total. The number of rotatable bonds is 6. The van der Waals surface area contributed by atoms with Gasteiger partial charge >= 0.3 is 0 Å². The van der Waals surface area contributed by atoms with Crippen molar-refractivity contribution in [3.63, 3.8) is 0 Å². The smallest absolute Gasteiger partial charge is 0.0757 e. The summed E-state index contributed by atoms with van der Waals surface area (Å²) in [5.74, 6) is 2.85. The van der Waals surface area contributed by atoms with Crippen molar-refractivity contribution >= 4 is 0 Å². The SMILES string of the molecule is CC(C)CCC[C@@H](C)[C@H]1CC[C@H]2[C@@H]3[C@H](O)C=C4C[C@@H](N=[N+]=[N-])CC[C@]4(C)[C@H]3C[C@H](O)[C@]12C. The van der Waals surface area contributed by atoms with E-state index in [4.69, 9.17) is 5.53 Å². The molecular weight excluding hydrogens is 398 g/mol. The summed E-state index contributed by atoms with van der Waals surface area (Å²) >= 11 is 0. The fourth-order valence-electron chi connectivity index (χ4n) is 8.78. The van der Waals surface area contributed by atoms with Gasteiger partial charge in [-0.05, 0) is 90.4 Å². The minimum atomic E-state index is -0.445. The minimum absolute atomic E-state index is 0.00408. The summed E-state index contributed by atoms with van der Waals surface area (Å²) in [7, 11) is 0. The highest BCUT2D eigenvalue weighted by Crippen LogP contribution is 2.67. The number of aliphatic hydroxyl groups is 2. The molecule has 5 heteroatoms. The second kappa shape index (κ2) is 8.96. The molecule has 0 bridgehead atoms. The van der Waals surface area contributed by atoms with Crippen LogP contribution < -0.4 is 0 Å². The zero-order chi connectivity index (χ0) is 23.3. The van der Waals surface area contributed by atoms with Crippen LogP contribution >= 0.6 is 0 Å². The Morgan fingerprint density at radius 3 is 2.56 bits per heavy atom. The molecule has 0 spiro atoms. The van der Waals surface area contributed by atoms with Crippen molar-refractivity contribution in [3.8, 4) is 0 Å². The Balaban J connectivity index is 1.58. The lowest BCUT2D eigenvalue weighted by molar-refractivity contribution is -0.156. The predicted octanol–water partition coefficient (Wildman–Crippen LogP) is 6.65. The molecule has 0 aromatic carbocycles. The second-order valence-corrected chi connectivity index (χ2v) is 12.6. The zero-order valence-corrected chi connectivity index (χ0v) is 20.9. The third-order valence-corrected chi connectivity index (χ3v) is 10.6. The van der Waals surface area contributed by atoms with Gasteiger partial charge in [0.15, 0.2) is 0 Å². The summed E-state index contributed by atoms with van der Waals surface area (Å²) in [5, 5.41) is 27.0. The number of fused-ring (bicyclic) bond motifs is 5. The molecule has 0 amide bonds. The van der Waals surface area contributed by atoms with E-state index in [0.717, 1.165) is 38.0 Å². The number of aliphatic hydroxyl groups excluding tert-OH is 2. The number of nitrogens with zero attached hydrogens (tertiary/aromatic N) is 3. The molecule has 10 atom stereocenters. The first kappa shape index (κ1) is 24.1. The summed E-state index contributed by atoms with van der Waals surface area (Å²) in [5.41, 5.74) is 10.1. The summed E-state index contributed by atoms with van der Waals surface area (Å²) < 4.78 is 0. The average Bonchev–Trinajstić information content (AvgIpc) is 3.08. The molecule has 0 unspecified atom stereocenters. The minimum Gasteiger partial charge on any atom is -0.393 e. The Morgan fingerprint density at radius 2 is 1.88 bits per heavy atom. The van der Waals surface area contributed by atoms with Crippen LogP contribution in [0.2, 0.25) is 0 Å². The van der Waals surface area contributed by atoms with E-state index in [0.29, 0.717) is 23.7 Å². The zero-order valence-electron chi connectivity index (χ0n) is 20.9. The third kappa shape index (κ3) is 3.83. The first-order valence-corrected chi connectivity index (χ1v) is 13.2. The van der Waals surface area contributed by atoms with Crippen LogP contribution in [-0.2, 0) is 0 Å². The lowest BCUT2D eigenvalue weighted by Crippen LogP contribution is -2.59. The maximum atomic E-state index is 11.7. The van der Waals surface area contributed by atoms with Crippen LogP contribution in [0.5, 0.6) is 0 Å². The molecule has 32 heavy (non-hydrogen) atoms. The molecule has 180 valence electrons. The van der Waals surface area contributed by atoms with E-state index in [1.165, 1.54) is 31.3 Å². The van der Waals surface area contributed by atoms with Gasteiger partial charge < -0.3 is 10.2 Å². The van der Waals surface area contributed by atoms with Crippen molar-refractivity contribution < 1.29 is 10.2 Å². The average molecular weight is 444 g/mol. The summed E-state index contributed by atoms with van der Waals surface area (Å²) in [6.45, 7) is 11.7. The molecule has 4 rings (SSSR count). The quantitative estimate of drug-likeness (QED) is 0.208. The largest absolute Gasteiger partial charge is 0.393 e. The standard InChI is InChI=1S/C27H45N3O2/c1-16(2)7-6-8-17(3)20-9-10-21-25-22(15-24(32)27(20,21)5)26(4)12-11-19(29-30-28)13-18(26)14-23(25)31/h14,16-17,19-25,31-32H,6-13,15H2,1-5H3/t17-,19+,20-,21+,22+,23-,24+,25+,26+,27-/m1/s1. The van der Waals surface area contributed by atoms with Crippen LogP contribution in [0.25, 0.3) is 10.4 Å². The van der Waals surface area contributed by atoms with Gasteiger partial charge in [0.2, 0.25) is 0 Å². The molecule has 4 aliphatic rings. The van der Waals surface area contributed by atoms with Gasteiger partial charge in [-0.25, -0.2) is 0 Å². The Bertz CT molecular complexity index is 775. The maximum absolute atomic E-state index is 11.7. The highest BCUT2D eigenvalue weighted by atomic mass is 16.3. The maximum Gasteiger partial charge on any atom is 0.0757 e. The van der Waals surface area contributed by atoms with Gasteiger partial charge in [0.25, 0.3) is 0 Å². The van der Waals surface area contributed by atoms with E-state index in [9.17, 15) is 10.2 Å². The van der Waals surface area contributed by atoms with E-state index in [-0.39, 0.29) is 28.9 Å². The van der Waals surface area contributed by atoms with Crippen molar-refractivity contribution in [1.82, 2.24) is 0 Å². The van der Waals surface area contributed by atoms with Crippen LogP contribution in [0, 0.1) is 46.3 Å². The molecule has 0 radical (unpaired) electrons. The van der Waals surface area contributed by atoms with Gasteiger partial charge in [-0.2, -0.15) is 0 Å². The molecule has 0 heterocycles. The highest BCUT2D eigenvalue weighted by Gasteiger charge is 2.64. The van der Waals surface area contributed by atoms with Crippen LogP contribution in [0.3, 0.4) is 0 Å². The van der Waals surface area contributed by atoms with Crippen molar-refractivity contribution in [2.45, 2.75) is 111 Å². The van der Waals surface area contributed by atoms with E-state index < -0.39 is 6.10 Å². The Kier molecular flexibility index (Phi) is 6.75. The first-order chi connectivity index (χ1) is 15.1. The molecule has 0 aromatic rings. The van der Waals surface area contributed by atoms with Gasteiger partial charge in [-0.1, -0.05) is 70.6 Å². The Hall–Kier alpha value is -1.03. The van der Waals surface area contributed by atoms with Gasteiger partial charge in [-0.15, -0.1) is 0 Å². The van der Waals surface area contributed by atoms with Crippen LogP contribution in [0.1, 0.15) is 92.4 Å². The van der Waals surface area contributed by atoms with Gasteiger partial charge in [0.1, 0.15) is 0 Å². The predicted molar refractivity (Wildman–Crippen MR) is 129 cm³/mol. The Labute approximate surface area is 194 Å². The van der Waals surface area contributed by atoms with Crippen molar-refractivity contribution in [2.75, 3.05) is 0 Å². The van der Waals surface area contributed by atoms with Crippen LogP contribution in [0.4, 0.5) is 0 Å². The van der Waals surface area contributed by atoms with E-state index in [1.54, 1.807) is 0 Å². The molecule has 0 aliphatic heterocycles. The summed E-state index contributed by atoms with van der Waals surface area (Å²) in [6, 6.07) is 0.00408.